The lowest BCUT2D eigenvalue weighted by molar-refractivity contribution is -0.110. The molecular weight excluding hydrogens is 335 g/mol. The standard InChI is InChI=1S/C10H11IN4O2/c1-6(14-15-10(12)17)9(16)13-8-4-2-7(11)3-5-8/h2-5H,1H3,(H,13,16)(H3,12,15,17). The third-order valence-electron chi connectivity index (χ3n) is 1.76. The van der Waals surface area contributed by atoms with Crippen LogP contribution in [0.5, 0.6) is 0 Å². The lowest BCUT2D eigenvalue weighted by atomic mass is 10.3. The Morgan fingerprint density at radius 3 is 2.41 bits per heavy atom. The number of carbonyl (C=O) groups excluding carboxylic acids is 2. The van der Waals surface area contributed by atoms with Crippen molar-refractivity contribution in [1.29, 1.82) is 0 Å². The highest BCUT2D eigenvalue weighted by Gasteiger charge is 2.06. The summed E-state index contributed by atoms with van der Waals surface area (Å²) in [4.78, 5) is 22.0. The third-order valence-corrected chi connectivity index (χ3v) is 2.48. The molecule has 1 aromatic carbocycles. The van der Waals surface area contributed by atoms with Gasteiger partial charge in [0.05, 0.1) is 0 Å². The number of anilines is 1. The van der Waals surface area contributed by atoms with Gasteiger partial charge in [0, 0.05) is 9.26 Å². The maximum atomic E-state index is 11.6. The van der Waals surface area contributed by atoms with Crippen LogP contribution in [0, 0.1) is 3.57 Å². The molecule has 4 N–H and O–H groups in total. The van der Waals surface area contributed by atoms with Gasteiger partial charge in [0.2, 0.25) is 0 Å². The van der Waals surface area contributed by atoms with Crippen LogP contribution >= 0.6 is 22.6 Å². The Kier molecular flexibility index (Phi) is 4.88. The lowest BCUT2D eigenvalue weighted by Gasteiger charge is -2.04. The fraction of sp³-hybridized carbons (Fsp3) is 0.100. The van der Waals surface area contributed by atoms with Gasteiger partial charge in [-0.05, 0) is 53.8 Å². The van der Waals surface area contributed by atoms with Gasteiger partial charge in [0.15, 0.2) is 0 Å². The summed E-state index contributed by atoms with van der Waals surface area (Å²) in [5, 5.41) is 6.14. The van der Waals surface area contributed by atoms with Crippen LogP contribution in [0.25, 0.3) is 0 Å². The van der Waals surface area contributed by atoms with E-state index >= 15 is 0 Å². The molecule has 0 atom stereocenters. The predicted molar refractivity (Wildman–Crippen MR) is 73.6 cm³/mol. The number of hydrogen-bond donors (Lipinski definition) is 3. The van der Waals surface area contributed by atoms with Crippen molar-refractivity contribution in [1.82, 2.24) is 5.43 Å². The Morgan fingerprint density at radius 2 is 1.88 bits per heavy atom. The number of primary amides is 1. The van der Waals surface area contributed by atoms with Crippen LogP contribution in [0.1, 0.15) is 6.92 Å². The van der Waals surface area contributed by atoms with E-state index in [1.807, 2.05) is 17.6 Å². The molecule has 0 saturated heterocycles. The first-order valence-corrected chi connectivity index (χ1v) is 5.73. The van der Waals surface area contributed by atoms with Crippen molar-refractivity contribution < 1.29 is 9.59 Å². The van der Waals surface area contributed by atoms with Crippen molar-refractivity contribution in [3.8, 4) is 0 Å². The number of nitrogens with one attached hydrogen (secondary N) is 2. The number of urea groups is 1. The molecule has 1 rings (SSSR count). The van der Waals surface area contributed by atoms with Gasteiger partial charge in [-0.15, -0.1) is 0 Å². The van der Waals surface area contributed by atoms with E-state index in [1.165, 1.54) is 6.92 Å². The summed E-state index contributed by atoms with van der Waals surface area (Å²) in [5.41, 5.74) is 7.58. The zero-order valence-corrected chi connectivity index (χ0v) is 11.2. The second kappa shape index (κ2) is 6.18. The Hall–Kier alpha value is -1.64. The van der Waals surface area contributed by atoms with Gasteiger partial charge in [0.25, 0.3) is 5.91 Å². The molecule has 0 aliphatic carbocycles. The molecule has 0 aliphatic heterocycles. The van der Waals surface area contributed by atoms with E-state index in [2.05, 4.69) is 33.0 Å². The zero-order chi connectivity index (χ0) is 12.8. The fourth-order valence-corrected chi connectivity index (χ4v) is 1.30. The molecule has 17 heavy (non-hydrogen) atoms. The molecule has 7 heteroatoms. The summed E-state index contributed by atoms with van der Waals surface area (Å²) in [6, 6.07) is 6.46. The molecule has 0 spiro atoms. The van der Waals surface area contributed by atoms with Crippen LogP contribution in [-0.2, 0) is 4.79 Å². The first kappa shape index (κ1) is 13.4. The Balaban J connectivity index is 2.63. The highest BCUT2D eigenvalue weighted by atomic mass is 127. The first-order chi connectivity index (χ1) is 7.99. The molecule has 0 fully saturated rings. The number of rotatable bonds is 3. The quantitative estimate of drug-likeness (QED) is 0.437. The predicted octanol–water partition coefficient (Wildman–Crippen LogP) is 1.27. The fourth-order valence-electron chi connectivity index (χ4n) is 0.944. The summed E-state index contributed by atoms with van der Waals surface area (Å²) >= 11 is 2.17. The number of carbonyl (C=O) groups is 2. The van der Waals surface area contributed by atoms with Gasteiger partial charge in [-0.3, -0.25) is 4.79 Å². The van der Waals surface area contributed by atoms with Crippen molar-refractivity contribution in [2.45, 2.75) is 6.92 Å². The molecule has 0 aliphatic rings. The minimum absolute atomic E-state index is 0.113. The number of amides is 3. The normalized spacial score (nSPS) is 10.8. The number of nitrogens with two attached hydrogens (primary N) is 1. The number of hydrazone groups is 1. The van der Waals surface area contributed by atoms with Crippen LogP contribution in [0.3, 0.4) is 0 Å². The highest BCUT2D eigenvalue weighted by Crippen LogP contribution is 2.10. The number of nitrogens with zero attached hydrogens (tertiary/aromatic N) is 1. The number of halogens is 1. The highest BCUT2D eigenvalue weighted by molar-refractivity contribution is 14.1. The minimum atomic E-state index is -0.814. The van der Waals surface area contributed by atoms with Crippen molar-refractivity contribution in [2.75, 3.05) is 5.32 Å². The van der Waals surface area contributed by atoms with E-state index < -0.39 is 11.9 Å². The zero-order valence-electron chi connectivity index (χ0n) is 9.03. The third kappa shape index (κ3) is 4.81. The molecule has 0 bridgehead atoms. The maximum absolute atomic E-state index is 11.6. The number of benzene rings is 1. The van der Waals surface area contributed by atoms with Gasteiger partial charge in [0.1, 0.15) is 5.71 Å². The second-order valence-electron chi connectivity index (χ2n) is 3.13. The van der Waals surface area contributed by atoms with Crippen LogP contribution in [-0.4, -0.2) is 17.6 Å². The second-order valence-corrected chi connectivity index (χ2v) is 4.38. The van der Waals surface area contributed by atoms with Crippen molar-refractivity contribution in [3.05, 3.63) is 27.8 Å². The van der Waals surface area contributed by atoms with Gasteiger partial charge < -0.3 is 11.1 Å². The smallest absolute Gasteiger partial charge is 0.332 e. The van der Waals surface area contributed by atoms with Crippen molar-refractivity contribution in [2.24, 2.45) is 10.8 Å². The molecule has 0 aromatic heterocycles. The molecule has 0 heterocycles. The van der Waals surface area contributed by atoms with Crippen molar-refractivity contribution in [3.63, 3.8) is 0 Å². The summed E-state index contributed by atoms with van der Waals surface area (Å²) in [7, 11) is 0. The van der Waals surface area contributed by atoms with Crippen molar-refractivity contribution >= 4 is 45.9 Å². The van der Waals surface area contributed by atoms with E-state index in [4.69, 9.17) is 5.73 Å². The van der Waals surface area contributed by atoms with Crippen LogP contribution in [0.4, 0.5) is 10.5 Å². The Bertz CT molecular complexity index is 456. The summed E-state index contributed by atoms with van der Waals surface area (Å²) in [6.07, 6.45) is 0. The average molecular weight is 346 g/mol. The minimum Gasteiger partial charge on any atom is -0.350 e. The maximum Gasteiger partial charge on any atom is 0.332 e. The summed E-state index contributed by atoms with van der Waals surface area (Å²) in [5.74, 6) is -0.403. The number of hydrogen-bond acceptors (Lipinski definition) is 3. The average Bonchev–Trinajstić information content (AvgIpc) is 2.28. The van der Waals surface area contributed by atoms with E-state index in [0.29, 0.717) is 5.69 Å². The van der Waals surface area contributed by atoms with E-state index in [-0.39, 0.29) is 5.71 Å². The molecule has 6 nitrogen and oxygen atoms in total. The lowest BCUT2D eigenvalue weighted by Crippen LogP contribution is -2.29. The largest absolute Gasteiger partial charge is 0.350 e. The molecular formula is C10H11IN4O2. The Labute approximate surface area is 112 Å². The molecule has 0 unspecified atom stereocenters. The van der Waals surface area contributed by atoms with Gasteiger partial charge in [-0.2, -0.15) is 5.10 Å². The molecule has 3 amide bonds. The van der Waals surface area contributed by atoms with Gasteiger partial charge >= 0.3 is 6.03 Å². The molecule has 90 valence electrons. The van der Waals surface area contributed by atoms with Crippen LogP contribution < -0.4 is 16.5 Å². The topological polar surface area (TPSA) is 96.6 Å². The monoisotopic (exact) mass is 346 g/mol. The molecule has 1 aromatic rings. The van der Waals surface area contributed by atoms with Gasteiger partial charge in [-0.25, -0.2) is 10.2 Å². The first-order valence-electron chi connectivity index (χ1n) is 4.65. The molecule has 0 saturated carbocycles. The van der Waals surface area contributed by atoms with Crippen LogP contribution in [0.15, 0.2) is 29.4 Å². The SMILES string of the molecule is CC(=NNC(N)=O)C(=O)Nc1ccc(I)cc1. The van der Waals surface area contributed by atoms with Gasteiger partial charge in [-0.1, -0.05) is 0 Å². The molecule has 0 radical (unpaired) electrons. The Morgan fingerprint density at radius 1 is 1.29 bits per heavy atom. The summed E-state index contributed by atoms with van der Waals surface area (Å²) < 4.78 is 1.07. The van der Waals surface area contributed by atoms with E-state index in [9.17, 15) is 9.59 Å². The summed E-state index contributed by atoms with van der Waals surface area (Å²) in [6.45, 7) is 1.47. The van der Waals surface area contributed by atoms with E-state index in [1.54, 1.807) is 12.1 Å². The van der Waals surface area contributed by atoms with Crippen LogP contribution in [0.2, 0.25) is 0 Å². The van der Waals surface area contributed by atoms with E-state index in [0.717, 1.165) is 3.57 Å².